The maximum Gasteiger partial charge on any atom is 0.254 e. The maximum absolute atomic E-state index is 12.9. The van der Waals surface area contributed by atoms with Gasteiger partial charge < -0.3 is 9.80 Å². The first-order valence-electron chi connectivity index (χ1n) is 8.81. The maximum atomic E-state index is 12.9. The van der Waals surface area contributed by atoms with Gasteiger partial charge in [-0.2, -0.15) is 0 Å². The number of amides is 2. The molecule has 0 unspecified atom stereocenters. The molecule has 0 bridgehead atoms. The lowest BCUT2D eigenvalue weighted by molar-refractivity contribution is -0.117. The van der Waals surface area contributed by atoms with Crippen LogP contribution >= 0.6 is 0 Å². The Kier molecular flexibility index (Phi) is 5.17. The fourth-order valence-electron chi connectivity index (χ4n) is 3.14. The van der Waals surface area contributed by atoms with E-state index in [9.17, 15) is 9.59 Å². The normalized spacial score (nSPS) is 14.2. The number of hydrogen-bond acceptors (Lipinski definition) is 2. The second-order valence-corrected chi connectivity index (χ2v) is 6.71. The molecule has 130 valence electrons. The molecule has 4 nitrogen and oxygen atoms in total. The molecule has 1 aliphatic rings. The van der Waals surface area contributed by atoms with Crippen LogP contribution in [0, 0.1) is 0 Å². The summed E-state index contributed by atoms with van der Waals surface area (Å²) in [5.74, 6) is 0.171. The minimum atomic E-state index is 0.0122. The Balaban J connectivity index is 1.76. The first-order chi connectivity index (χ1) is 12.1. The molecule has 1 aliphatic heterocycles. The van der Waals surface area contributed by atoms with Gasteiger partial charge in [-0.1, -0.05) is 30.3 Å². The molecule has 4 heteroatoms. The summed E-state index contributed by atoms with van der Waals surface area (Å²) in [6.07, 6.45) is 1.51. The summed E-state index contributed by atoms with van der Waals surface area (Å²) < 4.78 is 0. The molecular weight excluding hydrogens is 312 g/mol. The third-order valence-electron chi connectivity index (χ3n) is 4.58. The van der Waals surface area contributed by atoms with Gasteiger partial charge >= 0.3 is 0 Å². The van der Waals surface area contributed by atoms with Crippen LogP contribution in [0.1, 0.15) is 42.6 Å². The summed E-state index contributed by atoms with van der Waals surface area (Å²) in [7, 11) is 0. The molecule has 2 aromatic rings. The largest absolute Gasteiger partial charge is 0.332 e. The topological polar surface area (TPSA) is 40.6 Å². The summed E-state index contributed by atoms with van der Waals surface area (Å²) in [6, 6.07) is 17.5. The zero-order valence-corrected chi connectivity index (χ0v) is 14.8. The minimum Gasteiger partial charge on any atom is -0.332 e. The second kappa shape index (κ2) is 7.51. The van der Waals surface area contributed by atoms with Gasteiger partial charge in [-0.3, -0.25) is 9.59 Å². The molecule has 1 fully saturated rings. The molecule has 0 aromatic heterocycles. The fourth-order valence-corrected chi connectivity index (χ4v) is 3.14. The molecule has 0 aliphatic carbocycles. The molecule has 2 aromatic carbocycles. The van der Waals surface area contributed by atoms with Crippen molar-refractivity contribution < 1.29 is 9.59 Å². The van der Waals surface area contributed by atoms with Crippen LogP contribution < -0.4 is 4.90 Å². The van der Waals surface area contributed by atoms with Gasteiger partial charge in [0.1, 0.15) is 0 Å². The van der Waals surface area contributed by atoms with Gasteiger partial charge in [0, 0.05) is 36.8 Å². The Bertz CT molecular complexity index is 738. The van der Waals surface area contributed by atoms with Crippen LogP contribution in [0.4, 0.5) is 5.69 Å². The van der Waals surface area contributed by atoms with E-state index in [1.807, 2.05) is 73.3 Å². The van der Waals surface area contributed by atoms with Crippen LogP contribution in [0.3, 0.4) is 0 Å². The molecule has 3 rings (SSSR count). The van der Waals surface area contributed by atoms with E-state index in [2.05, 4.69) is 0 Å². The first kappa shape index (κ1) is 17.2. The van der Waals surface area contributed by atoms with Gasteiger partial charge in [0.2, 0.25) is 5.91 Å². The van der Waals surface area contributed by atoms with Crippen molar-refractivity contribution in [2.45, 2.75) is 39.3 Å². The van der Waals surface area contributed by atoms with Crippen molar-refractivity contribution in [1.29, 1.82) is 0 Å². The van der Waals surface area contributed by atoms with E-state index >= 15 is 0 Å². The summed E-state index contributed by atoms with van der Waals surface area (Å²) in [6.45, 7) is 5.40. The van der Waals surface area contributed by atoms with E-state index < -0.39 is 0 Å². The number of carbonyl (C=O) groups is 2. The van der Waals surface area contributed by atoms with Crippen LogP contribution in [0.5, 0.6) is 0 Å². The number of rotatable bonds is 5. The number of benzene rings is 2. The lowest BCUT2D eigenvalue weighted by Crippen LogP contribution is -2.36. The van der Waals surface area contributed by atoms with Crippen molar-refractivity contribution in [3.05, 3.63) is 65.7 Å². The lowest BCUT2D eigenvalue weighted by atomic mass is 10.1. The number of anilines is 1. The number of nitrogens with zero attached hydrogens (tertiary/aromatic N) is 2. The van der Waals surface area contributed by atoms with Crippen LogP contribution in [0.25, 0.3) is 0 Å². The molecule has 0 atom stereocenters. The molecule has 1 heterocycles. The van der Waals surface area contributed by atoms with Crippen molar-refractivity contribution in [3.8, 4) is 0 Å². The standard InChI is InChI=1S/C21H24N2O2/c1-16(2)23(15-17-7-4-3-5-8-17)21(25)18-10-12-19(13-11-18)22-14-6-9-20(22)24/h3-5,7-8,10-13,16H,6,9,14-15H2,1-2H3. The Morgan fingerprint density at radius 1 is 1.08 bits per heavy atom. The average molecular weight is 336 g/mol. The predicted molar refractivity (Wildman–Crippen MR) is 99.5 cm³/mol. The van der Waals surface area contributed by atoms with Gasteiger partial charge in [0.25, 0.3) is 5.91 Å². The first-order valence-corrected chi connectivity index (χ1v) is 8.81. The van der Waals surface area contributed by atoms with Crippen LogP contribution in [-0.4, -0.2) is 29.3 Å². The van der Waals surface area contributed by atoms with Gasteiger partial charge in [-0.25, -0.2) is 0 Å². The highest BCUT2D eigenvalue weighted by Gasteiger charge is 2.23. The number of carbonyl (C=O) groups excluding carboxylic acids is 2. The second-order valence-electron chi connectivity index (χ2n) is 6.71. The van der Waals surface area contributed by atoms with Crippen LogP contribution in [0.2, 0.25) is 0 Å². The van der Waals surface area contributed by atoms with E-state index in [0.29, 0.717) is 18.5 Å². The van der Waals surface area contributed by atoms with Crippen molar-refractivity contribution in [3.63, 3.8) is 0 Å². The Labute approximate surface area is 149 Å². The predicted octanol–water partition coefficient (Wildman–Crippen LogP) is 3.86. The molecule has 2 amide bonds. The smallest absolute Gasteiger partial charge is 0.254 e. The van der Waals surface area contributed by atoms with Gasteiger partial charge in [-0.05, 0) is 50.1 Å². The molecule has 1 saturated heterocycles. The highest BCUT2D eigenvalue weighted by Crippen LogP contribution is 2.22. The van der Waals surface area contributed by atoms with E-state index in [0.717, 1.165) is 24.2 Å². The Morgan fingerprint density at radius 2 is 1.76 bits per heavy atom. The van der Waals surface area contributed by atoms with Crippen molar-refractivity contribution in [2.75, 3.05) is 11.4 Å². The van der Waals surface area contributed by atoms with Gasteiger partial charge in [0.15, 0.2) is 0 Å². The molecule has 0 spiro atoms. The quantitative estimate of drug-likeness (QED) is 0.832. The van der Waals surface area contributed by atoms with Crippen molar-refractivity contribution in [2.24, 2.45) is 0 Å². The van der Waals surface area contributed by atoms with Crippen LogP contribution in [0.15, 0.2) is 54.6 Å². The highest BCUT2D eigenvalue weighted by molar-refractivity contribution is 5.97. The molecular formula is C21H24N2O2. The Morgan fingerprint density at radius 3 is 2.32 bits per heavy atom. The van der Waals surface area contributed by atoms with Gasteiger partial charge in [0.05, 0.1) is 0 Å². The molecule has 0 radical (unpaired) electrons. The fraction of sp³-hybridized carbons (Fsp3) is 0.333. The van der Waals surface area contributed by atoms with E-state index in [1.54, 1.807) is 4.90 Å². The highest BCUT2D eigenvalue weighted by atomic mass is 16.2. The monoisotopic (exact) mass is 336 g/mol. The van der Waals surface area contributed by atoms with E-state index in [4.69, 9.17) is 0 Å². The summed E-state index contributed by atoms with van der Waals surface area (Å²) >= 11 is 0. The number of hydrogen-bond donors (Lipinski definition) is 0. The molecule has 0 N–H and O–H groups in total. The zero-order chi connectivity index (χ0) is 17.8. The van der Waals surface area contributed by atoms with Crippen molar-refractivity contribution in [1.82, 2.24) is 4.90 Å². The Hall–Kier alpha value is -2.62. The van der Waals surface area contributed by atoms with E-state index in [1.165, 1.54) is 0 Å². The molecule has 0 saturated carbocycles. The third kappa shape index (κ3) is 3.90. The lowest BCUT2D eigenvalue weighted by Gasteiger charge is -2.27. The summed E-state index contributed by atoms with van der Waals surface area (Å²) in [5.41, 5.74) is 2.64. The third-order valence-corrected chi connectivity index (χ3v) is 4.58. The summed E-state index contributed by atoms with van der Waals surface area (Å²) in [4.78, 5) is 28.4. The average Bonchev–Trinajstić information content (AvgIpc) is 3.06. The zero-order valence-electron chi connectivity index (χ0n) is 14.8. The minimum absolute atomic E-state index is 0.0122. The van der Waals surface area contributed by atoms with Crippen LogP contribution in [-0.2, 0) is 11.3 Å². The SMILES string of the molecule is CC(C)N(Cc1ccccc1)C(=O)c1ccc(N2CCCC2=O)cc1. The van der Waals surface area contributed by atoms with E-state index in [-0.39, 0.29) is 17.9 Å². The summed E-state index contributed by atoms with van der Waals surface area (Å²) in [5, 5.41) is 0. The van der Waals surface area contributed by atoms with Gasteiger partial charge in [-0.15, -0.1) is 0 Å². The van der Waals surface area contributed by atoms with Crippen molar-refractivity contribution >= 4 is 17.5 Å². The molecule has 25 heavy (non-hydrogen) atoms.